The van der Waals surface area contributed by atoms with Crippen LogP contribution in [0.25, 0.3) is 5.57 Å². The lowest BCUT2D eigenvalue weighted by Crippen LogP contribution is -2.38. The molecular formula is C27H33N3O3. The lowest BCUT2D eigenvalue weighted by molar-refractivity contribution is -0.117. The van der Waals surface area contributed by atoms with Crippen molar-refractivity contribution < 1.29 is 14.3 Å². The van der Waals surface area contributed by atoms with Crippen LogP contribution in [-0.4, -0.2) is 68.6 Å². The highest BCUT2D eigenvalue weighted by atomic mass is 16.5. The molecule has 1 N–H and O–H groups in total. The van der Waals surface area contributed by atoms with Crippen molar-refractivity contribution in [2.45, 2.75) is 26.8 Å². The van der Waals surface area contributed by atoms with Crippen LogP contribution in [0.5, 0.6) is 5.75 Å². The van der Waals surface area contributed by atoms with Gasteiger partial charge in [-0.3, -0.25) is 14.7 Å². The summed E-state index contributed by atoms with van der Waals surface area (Å²) >= 11 is 0. The van der Waals surface area contributed by atoms with E-state index in [1.54, 1.807) is 0 Å². The third-order valence-electron chi connectivity index (χ3n) is 5.81. The number of ether oxygens (including phenoxy) is 2. The molecular weight excluding hydrogens is 414 g/mol. The van der Waals surface area contributed by atoms with E-state index in [1.165, 1.54) is 0 Å². The normalized spacial score (nSPS) is 17.5. The van der Waals surface area contributed by atoms with Crippen LogP contribution in [0.4, 0.5) is 0 Å². The minimum Gasteiger partial charge on any atom is -0.492 e. The first-order valence-electron chi connectivity index (χ1n) is 11.8. The molecule has 1 heterocycles. The van der Waals surface area contributed by atoms with Gasteiger partial charge < -0.3 is 14.8 Å². The highest BCUT2D eigenvalue weighted by molar-refractivity contribution is 6.38. The van der Waals surface area contributed by atoms with E-state index in [9.17, 15) is 4.79 Å². The number of carbonyl (C=O) groups excluding carboxylic acids is 1. The van der Waals surface area contributed by atoms with Crippen molar-refractivity contribution >= 4 is 17.2 Å². The smallest absolute Gasteiger partial charge is 0.254 e. The molecule has 1 aliphatic heterocycles. The number of hydrogen-bond acceptors (Lipinski definition) is 5. The minimum atomic E-state index is -0.0953. The summed E-state index contributed by atoms with van der Waals surface area (Å²) in [5.74, 6) is 0.707. The monoisotopic (exact) mass is 447 g/mol. The molecule has 6 heteroatoms. The molecule has 1 saturated heterocycles. The maximum Gasteiger partial charge on any atom is 0.254 e. The Kier molecular flexibility index (Phi) is 7.57. The first-order chi connectivity index (χ1) is 16.1. The van der Waals surface area contributed by atoms with E-state index < -0.39 is 0 Å². The van der Waals surface area contributed by atoms with Gasteiger partial charge in [0.2, 0.25) is 0 Å². The lowest BCUT2D eigenvalue weighted by Gasteiger charge is -2.26. The van der Waals surface area contributed by atoms with E-state index in [4.69, 9.17) is 14.5 Å². The van der Waals surface area contributed by atoms with Gasteiger partial charge in [0.1, 0.15) is 12.4 Å². The molecule has 0 saturated carbocycles. The quantitative estimate of drug-likeness (QED) is 0.672. The average molecular weight is 448 g/mol. The Hall–Kier alpha value is -2.96. The number of rotatable bonds is 8. The van der Waals surface area contributed by atoms with Crippen molar-refractivity contribution in [3.8, 4) is 5.75 Å². The molecule has 0 unspecified atom stereocenters. The van der Waals surface area contributed by atoms with Crippen LogP contribution in [0.15, 0.2) is 59.1 Å². The van der Waals surface area contributed by atoms with Crippen LogP contribution >= 0.6 is 0 Å². The number of fused-ring (bicyclic) bond motifs is 1. The summed E-state index contributed by atoms with van der Waals surface area (Å²) in [6, 6.07) is 16.2. The van der Waals surface area contributed by atoms with Gasteiger partial charge in [0.25, 0.3) is 5.91 Å². The number of aliphatic imine (C=N–C) groups is 1. The van der Waals surface area contributed by atoms with Gasteiger partial charge in [0.15, 0.2) is 0 Å². The van der Waals surface area contributed by atoms with Crippen LogP contribution in [0.2, 0.25) is 0 Å². The van der Waals surface area contributed by atoms with Crippen molar-refractivity contribution in [2.75, 3.05) is 46.0 Å². The van der Waals surface area contributed by atoms with E-state index in [0.29, 0.717) is 18.7 Å². The summed E-state index contributed by atoms with van der Waals surface area (Å²) in [7, 11) is 0. The summed E-state index contributed by atoms with van der Waals surface area (Å²) in [5, 5.41) is 3.07. The third-order valence-corrected chi connectivity index (χ3v) is 5.81. The fraction of sp³-hybridized carbons (Fsp3) is 0.407. The molecule has 0 spiro atoms. The topological polar surface area (TPSA) is 63.2 Å². The molecule has 1 aliphatic carbocycles. The summed E-state index contributed by atoms with van der Waals surface area (Å²) in [5.41, 5.74) is 5.27. The Morgan fingerprint density at radius 3 is 2.58 bits per heavy atom. The summed E-state index contributed by atoms with van der Waals surface area (Å²) in [6.45, 7) is 11.5. The van der Waals surface area contributed by atoms with Crippen LogP contribution in [0, 0.1) is 0 Å². The van der Waals surface area contributed by atoms with E-state index in [-0.39, 0.29) is 11.9 Å². The molecule has 0 aromatic heterocycles. The largest absolute Gasteiger partial charge is 0.492 e. The van der Waals surface area contributed by atoms with Gasteiger partial charge in [-0.25, -0.2) is 0 Å². The van der Waals surface area contributed by atoms with Gasteiger partial charge >= 0.3 is 0 Å². The second kappa shape index (κ2) is 10.8. The second-order valence-corrected chi connectivity index (χ2v) is 8.58. The fourth-order valence-corrected chi connectivity index (χ4v) is 4.31. The van der Waals surface area contributed by atoms with Crippen LogP contribution < -0.4 is 10.1 Å². The average Bonchev–Trinajstić information content (AvgIpc) is 3.14. The van der Waals surface area contributed by atoms with Gasteiger partial charge in [-0.1, -0.05) is 30.3 Å². The van der Waals surface area contributed by atoms with E-state index in [0.717, 1.165) is 66.6 Å². The molecule has 33 heavy (non-hydrogen) atoms. The van der Waals surface area contributed by atoms with Gasteiger partial charge in [-0.2, -0.15) is 0 Å². The molecule has 1 fully saturated rings. The Balaban J connectivity index is 1.69. The van der Waals surface area contributed by atoms with Crippen molar-refractivity contribution in [2.24, 2.45) is 4.99 Å². The molecule has 0 bridgehead atoms. The zero-order valence-electron chi connectivity index (χ0n) is 19.8. The second-order valence-electron chi connectivity index (χ2n) is 8.58. The van der Waals surface area contributed by atoms with Gasteiger partial charge in [0.05, 0.1) is 24.5 Å². The molecule has 6 nitrogen and oxygen atoms in total. The molecule has 174 valence electrons. The Morgan fingerprint density at radius 1 is 1.12 bits per heavy atom. The van der Waals surface area contributed by atoms with E-state index in [1.807, 2.05) is 63.2 Å². The Labute approximate surface area is 196 Å². The molecule has 1 amide bonds. The minimum absolute atomic E-state index is 0.0349. The maximum atomic E-state index is 13.3. The van der Waals surface area contributed by atoms with Crippen molar-refractivity contribution in [1.29, 1.82) is 0 Å². The standard InChI is InChI=1S/C27H33N3O3/c1-4-28-26-22-11-10-21(33-17-14-30-12-15-32-16-13-30)18-23(22)24(20-8-6-5-7-9-20)25(26)27(31)29-19(2)3/h5-11,18-19H,4,12-17H2,1-3H3,(H,29,31). The summed E-state index contributed by atoms with van der Waals surface area (Å²) in [6.07, 6.45) is 0. The number of benzene rings is 2. The number of amides is 1. The SMILES string of the molecule is CCN=C1C(C(=O)NC(C)C)=C(c2ccccc2)c2cc(OCCN3CCOCC3)ccc21. The van der Waals surface area contributed by atoms with E-state index >= 15 is 0 Å². The van der Waals surface area contributed by atoms with Crippen molar-refractivity contribution in [1.82, 2.24) is 10.2 Å². The summed E-state index contributed by atoms with van der Waals surface area (Å²) < 4.78 is 11.5. The highest BCUT2D eigenvalue weighted by Gasteiger charge is 2.33. The highest BCUT2D eigenvalue weighted by Crippen LogP contribution is 2.40. The van der Waals surface area contributed by atoms with Gasteiger partial charge in [0, 0.05) is 43.4 Å². The van der Waals surface area contributed by atoms with Crippen LogP contribution in [-0.2, 0) is 9.53 Å². The van der Waals surface area contributed by atoms with Crippen LogP contribution in [0.1, 0.15) is 37.5 Å². The predicted octanol–water partition coefficient (Wildman–Crippen LogP) is 3.55. The molecule has 0 radical (unpaired) electrons. The molecule has 2 aromatic rings. The molecule has 0 atom stereocenters. The lowest BCUT2D eigenvalue weighted by atomic mass is 9.97. The number of nitrogens with zero attached hydrogens (tertiary/aromatic N) is 2. The first-order valence-corrected chi connectivity index (χ1v) is 11.8. The number of morpholine rings is 1. The van der Waals surface area contributed by atoms with Crippen molar-refractivity contribution in [3.63, 3.8) is 0 Å². The van der Waals surface area contributed by atoms with Crippen molar-refractivity contribution in [3.05, 3.63) is 70.8 Å². The Bertz CT molecular complexity index is 1040. The molecule has 2 aliphatic rings. The first kappa shape index (κ1) is 23.2. The van der Waals surface area contributed by atoms with Gasteiger partial charge in [-0.05, 0) is 50.1 Å². The fourth-order valence-electron chi connectivity index (χ4n) is 4.31. The molecule has 4 rings (SSSR count). The number of carbonyl (C=O) groups is 1. The van der Waals surface area contributed by atoms with E-state index in [2.05, 4.69) is 16.3 Å². The van der Waals surface area contributed by atoms with Crippen LogP contribution in [0.3, 0.4) is 0 Å². The Morgan fingerprint density at radius 2 is 1.88 bits per heavy atom. The summed E-state index contributed by atoms with van der Waals surface area (Å²) in [4.78, 5) is 20.4. The zero-order chi connectivity index (χ0) is 23.2. The number of hydrogen-bond donors (Lipinski definition) is 1. The predicted molar refractivity (Wildman–Crippen MR) is 132 cm³/mol. The molecule has 2 aromatic carbocycles. The third kappa shape index (κ3) is 5.34. The van der Waals surface area contributed by atoms with Gasteiger partial charge in [-0.15, -0.1) is 0 Å². The maximum absolute atomic E-state index is 13.3. The zero-order valence-corrected chi connectivity index (χ0v) is 19.8. The number of nitrogens with one attached hydrogen (secondary N) is 1.